The summed E-state index contributed by atoms with van der Waals surface area (Å²) in [5.74, 6) is 2.10. The molecule has 156 valence electrons. The molecule has 1 atom stereocenters. The number of fused-ring (bicyclic) bond motifs is 1. The fraction of sp³-hybridized carbons (Fsp3) is 0.619. The fourth-order valence-corrected chi connectivity index (χ4v) is 4.30. The second-order valence-corrected chi connectivity index (χ2v) is 8.41. The van der Waals surface area contributed by atoms with E-state index in [1.807, 2.05) is 23.1 Å². The highest BCUT2D eigenvalue weighted by Gasteiger charge is 2.33. The highest BCUT2D eigenvalue weighted by atomic mass is 16.2. The lowest BCUT2D eigenvalue weighted by Crippen LogP contribution is -2.51. The molecular formula is C21H30N6O2. The van der Waals surface area contributed by atoms with Gasteiger partial charge in [-0.25, -0.2) is 14.5 Å². The molecule has 2 aromatic heterocycles. The summed E-state index contributed by atoms with van der Waals surface area (Å²) >= 11 is 0. The van der Waals surface area contributed by atoms with Gasteiger partial charge in [0.1, 0.15) is 17.7 Å². The highest BCUT2D eigenvalue weighted by molar-refractivity contribution is 5.81. The van der Waals surface area contributed by atoms with Gasteiger partial charge in [0.25, 0.3) is 0 Å². The van der Waals surface area contributed by atoms with Gasteiger partial charge in [-0.05, 0) is 30.9 Å². The minimum absolute atomic E-state index is 0.0556. The van der Waals surface area contributed by atoms with E-state index in [4.69, 9.17) is 0 Å². The molecule has 0 aromatic carbocycles. The molecule has 8 heteroatoms. The fourth-order valence-electron chi connectivity index (χ4n) is 4.30. The Hall–Kier alpha value is -2.64. The average molecular weight is 399 g/mol. The van der Waals surface area contributed by atoms with E-state index in [1.54, 1.807) is 15.4 Å². The molecule has 4 heterocycles. The number of anilines is 1. The summed E-state index contributed by atoms with van der Waals surface area (Å²) < 4.78 is 3.23. The van der Waals surface area contributed by atoms with Crippen molar-refractivity contribution in [3.05, 3.63) is 40.7 Å². The molecule has 0 radical (unpaired) electrons. The molecule has 0 unspecified atom stereocenters. The Morgan fingerprint density at radius 2 is 1.97 bits per heavy atom. The smallest absolute Gasteiger partial charge is 0.346 e. The minimum atomic E-state index is -0.428. The quantitative estimate of drug-likeness (QED) is 0.784. The molecule has 2 aliphatic rings. The number of aromatic nitrogens is 4. The van der Waals surface area contributed by atoms with E-state index in [2.05, 4.69) is 28.8 Å². The zero-order valence-corrected chi connectivity index (χ0v) is 17.3. The minimum Gasteiger partial charge on any atom is -0.353 e. The maximum atomic E-state index is 13.4. The predicted molar refractivity (Wildman–Crippen MR) is 111 cm³/mol. The van der Waals surface area contributed by atoms with Crippen molar-refractivity contribution in [2.75, 3.05) is 31.1 Å². The van der Waals surface area contributed by atoms with E-state index < -0.39 is 6.04 Å². The van der Waals surface area contributed by atoms with Crippen molar-refractivity contribution in [1.82, 2.24) is 24.2 Å². The Morgan fingerprint density at radius 1 is 1.17 bits per heavy atom. The molecule has 4 rings (SSSR count). The molecular weight excluding hydrogens is 368 g/mol. The second kappa shape index (κ2) is 8.39. The third kappa shape index (κ3) is 4.06. The molecule has 29 heavy (non-hydrogen) atoms. The Labute approximate surface area is 171 Å². The molecule has 0 aliphatic carbocycles. The van der Waals surface area contributed by atoms with Crippen LogP contribution < -0.4 is 10.6 Å². The van der Waals surface area contributed by atoms with Crippen molar-refractivity contribution < 1.29 is 4.79 Å². The molecule has 0 saturated carbocycles. The molecule has 8 nitrogen and oxygen atoms in total. The third-order valence-corrected chi connectivity index (χ3v) is 5.77. The van der Waals surface area contributed by atoms with Crippen molar-refractivity contribution in [2.45, 2.75) is 52.1 Å². The number of carbonyl (C=O) groups is 1. The van der Waals surface area contributed by atoms with Crippen LogP contribution in [0.25, 0.3) is 0 Å². The predicted octanol–water partition coefficient (Wildman–Crippen LogP) is 1.71. The van der Waals surface area contributed by atoms with Crippen molar-refractivity contribution >= 4 is 11.7 Å². The van der Waals surface area contributed by atoms with E-state index in [9.17, 15) is 9.59 Å². The van der Waals surface area contributed by atoms with Crippen LogP contribution in [0.5, 0.6) is 0 Å². The van der Waals surface area contributed by atoms with Gasteiger partial charge in [-0.15, -0.1) is 0 Å². The lowest BCUT2D eigenvalue weighted by atomic mass is 10.1. The zero-order valence-electron chi connectivity index (χ0n) is 17.3. The number of carbonyl (C=O) groups excluding carboxylic acids is 1. The van der Waals surface area contributed by atoms with Crippen molar-refractivity contribution in [3.63, 3.8) is 0 Å². The topological polar surface area (TPSA) is 76.3 Å². The van der Waals surface area contributed by atoms with Crippen LogP contribution in [0.2, 0.25) is 0 Å². The standard InChI is InChI=1S/C21H30N6O2/c1-16(2)15-26-21(29)27-17(7-3-4-9-19(27)23-26)20(28)25-13-11-24(12-14-25)18-8-5-6-10-22-18/h5-6,8,10,16-17H,3-4,7,9,11-15H2,1-2H3/t17-/m0/s1. The second-order valence-electron chi connectivity index (χ2n) is 8.41. The third-order valence-electron chi connectivity index (χ3n) is 5.77. The van der Waals surface area contributed by atoms with Gasteiger partial charge in [0.2, 0.25) is 5.91 Å². The monoisotopic (exact) mass is 398 g/mol. The SMILES string of the molecule is CC(C)Cn1nc2n(c1=O)[C@H](C(=O)N1CCN(c3ccccn3)CC1)CCCC2. The van der Waals surface area contributed by atoms with Crippen LogP contribution >= 0.6 is 0 Å². The van der Waals surface area contributed by atoms with E-state index in [0.717, 1.165) is 44.0 Å². The number of pyridine rings is 1. The summed E-state index contributed by atoms with van der Waals surface area (Å²) in [4.78, 5) is 34.9. The maximum Gasteiger partial charge on any atom is 0.346 e. The molecule has 1 fully saturated rings. The van der Waals surface area contributed by atoms with Crippen LogP contribution in [0.1, 0.15) is 45.0 Å². The lowest BCUT2D eigenvalue weighted by Gasteiger charge is -2.37. The number of hydrogen-bond acceptors (Lipinski definition) is 5. The zero-order chi connectivity index (χ0) is 20.4. The van der Waals surface area contributed by atoms with Gasteiger partial charge < -0.3 is 9.80 Å². The first-order valence-electron chi connectivity index (χ1n) is 10.7. The average Bonchev–Trinajstić information content (AvgIpc) is 2.90. The van der Waals surface area contributed by atoms with Crippen molar-refractivity contribution in [3.8, 4) is 0 Å². The lowest BCUT2D eigenvalue weighted by molar-refractivity contribution is -0.135. The Morgan fingerprint density at radius 3 is 2.66 bits per heavy atom. The highest BCUT2D eigenvalue weighted by Crippen LogP contribution is 2.24. The van der Waals surface area contributed by atoms with Crippen LogP contribution in [0.3, 0.4) is 0 Å². The first-order valence-corrected chi connectivity index (χ1v) is 10.7. The number of rotatable bonds is 4. The van der Waals surface area contributed by atoms with Crippen LogP contribution in [0, 0.1) is 5.92 Å². The number of nitrogens with zero attached hydrogens (tertiary/aromatic N) is 6. The van der Waals surface area contributed by atoms with E-state index in [-0.39, 0.29) is 11.6 Å². The van der Waals surface area contributed by atoms with Crippen LogP contribution in [0.4, 0.5) is 5.82 Å². The summed E-state index contributed by atoms with van der Waals surface area (Å²) in [6.45, 7) is 7.53. The maximum absolute atomic E-state index is 13.4. The summed E-state index contributed by atoms with van der Waals surface area (Å²) in [6, 6.07) is 5.46. The van der Waals surface area contributed by atoms with Gasteiger partial charge >= 0.3 is 5.69 Å². The first-order chi connectivity index (χ1) is 14.0. The first kappa shape index (κ1) is 19.7. The summed E-state index contributed by atoms with van der Waals surface area (Å²) in [5.41, 5.74) is -0.138. The van der Waals surface area contributed by atoms with Gasteiger partial charge in [-0.1, -0.05) is 26.3 Å². The Bertz CT molecular complexity index is 896. The Kier molecular flexibility index (Phi) is 5.69. The number of amides is 1. The van der Waals surface area contributed by atoms with Crippen molar-refractivity contribution in [1.29, 1.82) is 0 Å². The molecule has 0 bridgehead atoms. The van der Waals surface area contributed by atoms with Gasteiger partial charge in [0.15, 0.2) is 0 Å². The molecule has 2 aliphatic heterocycles. The van der Waals surface area contributed by atoms with E-state index in [0.29, 0.717) is 32.0 Å². The van der Waals surface area contributed by atoms with Gasteiger partial charge in [0, 0.05) is 45.3 Å². The number of piperazine rings is 1. The van der Waals surface area contributed by atoms with Crippen LogP contribution in [0.15, 0.2) is 29.2 Å². The Balaban J connectivity index is 1.51. The molecule has 0 spiro atoms. The molecule has 2 aromatic rings. The van der Waals surface area contributed by atoms with Crippen LogP contribution in [-0.2, 0) is 17.8 Å². The van der Waals surface area contributed by atoms with Gasteiger partial charge in [-0.3, -0.25) is 9.36 Å². The molecule has 1 saturated heterocycles. The van der Waals surface area contributed by atoms with E-state index >= 15 is 0 Å². The normalized spacial score (nSPS) is 19.9. The molecule has 0 N–H and O–H groups in total. The number of aryl methyl sites for hydroxylation is 1. The van der Waals surface area contributed by atoms with E-state index in [1.165, 1.54) is 0 Å². The number of hydrogen-bond donors (Lipinski definition) is 0. The van der Waals surface area contributed by atoms with Gasteiger partial charge in [0.05, 0.1) is 0 Å². The van der Waals surface area contributed by atoms with Crippen molar-refractivity contribution in [2.24, 2.45) is 5.92 Å². The molecule has 1 amide bonds. The van der Waals surface area contributed by atoms with Crippen LogP contribution in [-0.4, -0.2) is 56.3 Å². The summed E-state index contributed by atoms with van der Waals surface area (Å²) in [6.07, 6.45) is 5.17. The largest absolute Gasteiger partial charge is 0.353 e. The van der Waals surface area contributed by atoms with Gasteiger partial charge in [-0.2, -0.15) is 5.10 Å². The summed E-state index contributed by atoms with van der Waals surface area (Å²) in [7, 11) is 0. The summed E-state index contributed by atoms with van der Waals surface area (Å²) in [5, 5.41) is 4.56.